The summed E-state index contributed by atoms with van der Waals surface area (Å²) in [6.45, 7) is -0.603. The third-order valence-electron chi connectivity index (χ3n) is 3.41. The standard InChI is InChI=1S/C17H17N3O5S/c1-18-17(23)19-14-7-9-15(10-8-14)26(24,25)20(11-12-21)16(22)13-5-3-2-4-6-13/h2-10,12H,11H2,1H3,(H2,18,19,23). The number of carbonyl (C=O) groups is 3. The first kappa shape index (κ1) is 19.1. The number of sulfonamides is 1. The van der Waals surface area contributed by atoms with Gasteiger partial charge < -0.3 is 15.4 Å². The molecular formula is C17H17N3O5S. The van der Waals surface area contributed by atoms with Crippen LogP contribution in [0.15, 0.2) is 59.5 Å². The van der Waals surface area contributed by atoms with E-state index in [1.54, 1.807) is 18.2 Å². The van der Waals surface area contributed by atoms with E-state index < -0.39 is 28.5 Å². The van der Waals surface area contributed by atoms with E-state index in [9.17, 15) is 22.8 Å². The van der Waals surface area contributed by atoms with Gasteiger partial charge in [0.05, 0.1) is 11.4 Å². The fourth-order valence-electron chi connectivity index (χ4n) is 2.11. The van der Waals surface area contributed by atoms with Crippen molar-refractivity contribution >= 4 is 33.9 Å². The highest BCUT2D eigenvalue weighted by atomic mass is 32.2. The van der Waals surface area contributed by atoms with Gasteiger partial charge in [0.1, 0.15) is 6.29 Å². The minimum Gasteiger partial charge on any atom is -0.341 e. The van der Waals surface area contributed by atoms with Crippen molar-refractivity contribution in [3.8, 4) is 0 Å². The Morgan fingerprint density at radius 1 is 1.04 bits per heavy atom. The predicted octanol–water partition coefficient (Wildman–Crippen LogP) is 1.47. The molecule has 8 nitrogen and oxygen atoms in total. The average molecular weight is 375 g/mol. The zero-order chi connectivity index (χ0) is 19.2. The van der Waals surface area contributed by atoms with Crippen LogP contribution >= 0.6 is 0 Å². The summed E-state index contributed by atoms with van der Waals surface area (Å²) in [5.41, 5.74) is 0.524. The molecule has 0 aliphatic carbocycles. The van der Waals surface area contributed by atoms with Gasteiger partial charge in [0.2, 0.25) is 0 Å². The Kier molecular flexibility index (Phi) is 6.07. The van der Waals surface area contributed by atoms with Crippen molar-refractivity contribution < 1.29 is 22.8 Å². The molecule has 0 saturated heterocycles. The van der Waals surface area contributed by atoms with Gasteiger partial charge in [-0.25, -0.2) is 17.5 Å². The summed E-state index contributed by atoms with van der Waals surface area (Å²) in [7, 11) is -2.79. The molecule has 3 amide bonds. The van der Waals surface area contributed by atoms with E-state index in [-0.39, 0.29) is 10.5 Å². The maximum atomic E-state index is 12.8. The van der Waals surface area contributed by atoms with Gasteiger partial charge in [0.15, 0.2) is 0 Å². The van der Waals surface area contributed by atoms with Crippen LogP contribution in [0.3, 0.4) is 0 Å². The molecule has 0 spiro atoms. The number of hydrogen-bond acceptors (Lipinski definition) is 5. The summed E-state index contributed by atoms with van der Waals surface area (Å²) in [4.78, 5) is 34.5. The molecule has 2 N–H and O–H groups in total. The molecule has 0 radical (unpaired) electrons. The first-order chi connectivity index (χ1) is 12.4. The van der Waals surface area contributed by atoms with Crippen LogP contribution in [0.4, 0.5) is 10.5 Å². The second kappa shape index (κ2) is 8.26. The second-order valence-corrected chi connectivity index (χ2v) is 6.96. The highest BCUT2D eigenvalue weighted by Crippen LogP contribution is 2.20. The Hall–Kier alpha value is -3.20. The van der Waals surface area contributed by atoms with Gasteiger partial charge in [-0.2, -0.15) is 0 Å². The number of hydrogen-bond donors (Lipinski definition) is 2. The van der Waals surface area contributed by atoms with E-state index in [0.29, 0.717) is 16.3 Å². The van der Waals surface area contributed by atoms with Crippen molar-refractivity contribution in [2.24, 2.45) is 0 Å². The molecule has 0 fully saturated rings. The van der Waals surface area contributed by atoms with Gasteiger partial charge in [0.25, 0.3) is 15.9 Å². The Bertz CT molecular complexity index is 896. The van der Waals surface area contributed by atoms with Crippen molar-refractivity contribution in [3.05, 3.63) is 60.2 Å². The van der Waals surface area contributed by atoms with Crippen molar-refractivity contribution in [2.75, 3.05) is 18.9 Å². The van der Waals surface area contributed by atoms with Crippen LogP contribution < -0.4 is 10.6 Å². The van der Waals surface area contributed by atoms with Crippen LogP contribution in [-0.4, -0.2) is 44.5 Å². The number of benzene rings is 2. The van der Waals surface area contributed by atoms with Crippen LogP contribution in [0.5, 0.6) is 0 Å². The Morgan fingerprint density at radius 3 is 2.19 bits per heavy atom. The van der Waals surface area contributed by atoms with E-state index in [4.69, 9.17) is 0 Å². The predicted molar refractivity (Wildman–Crippen MR) is 95.2 cm³/mol. The van der Waals surface area contributed by atoms with Gasteiger partial charge >= 0.3 is 6.03 Å². The first-order valence-corrected chi connectivity index (χ1v) is 8.98. The lowest BCUT2D eigenvalue weighted by atomic mass is 10.2. The van der Waals surface area contributed by atoms with Crippen molar-refractivity contribution in [3.63, 3.8) is 0 Å². The maximum Gasteiger partial charge on any atom is 0.318 e. The zero-order valence-electron chi connectivity index (χ0n) is 13.9. The average Bonchev–Trinajstić information content (AvgIpc) is 2.66. The first-order valence-electron chi connectivity index (χ1n) is 7.54. The molecule has 2 aromatic carbocycles. The fourth-order valence-corrected chi connectivity index (χ4v) is 3.43. The summed E-state index contributed by atoms with van der Waals surface area (Å²) < 4.78 is 26.1. The Balaban J connectivity index is 2.34. The van der Waals surface area contributed by atoms with Crippen LogP contribution in [0.25, 0.3) is 0 Å². The summed E-state index contributed by atoms with van der Waals surface area (Å²) in [6.07, 6.45) is 0.347. The van der Waals surface area contributed by atoms with Gasteiger partial charge in [-0.05, 0) is 36.4 Å². The number of nitrogens with zero attached hydrogens (tertiary/aromatic N) is 1. The summed E-state index contributed by atoms with van der Waals surface area (Å²) in [6, 6.07) is 12.6. The van der Waals surface area contributed by atoms with Gasteiger partial charge in [-0.1, -0.05) is 18.2 Å². The third-order valence-corrected chi connectivity index (χ3v) is 5.18. The number of amides is 3. The van der Waals surface area contributed by atoms with Crippen LogP contribution in [-0.2, 0) is 14.8 Å². The van der Waals surface area contributed by atoms with Crippen molar-refractivity contribution in [2.45, 2.75) is 4.90 Å². The molecule has 9 heteroatoms. The Morgan fingerprint density at radius 2 is 1.65 bits per heavy atom. The highest BCUT2D eigenvalue weighted by molar-refractivity contribution is 7.89. The number of rotatable bonds is 6. The lowest BCUT2D eigenvalue weighted by Gasteiger charge is -2.20. The van der Waals surface area contributed by atoms with Gasteiger partial charge in [-0.15, -0.1) is 0 Å². The van der Waals surface area contributed by atoms with E-state index in [2.05, 4.69) is 10.6 Å². The quantitative estimate of drug-likeness (QED) is 0.743. The molecule has 0 aliphatic rings. The fraction of sp³-hybridized carbons (Fsp3) is 0.118. The van der Waals surface area contributed by atoms with E-state index in [1.165, 1.54) is 43.4 Å². The second-order valence-electron chi connectivity index (χ2n) is 5.10. The third kappa shape index (κ3) is 4.25. The molecule has 136 valence electrons. The lowest BCUT2D eigenvalue weighted by molar-refractivity contribution is -0.107. The number of nitrogens with one attached hydrogen (secondary N) is 2. The minimum atomic E-state index is -4.24. The van der Waals surface area contributed by atoms with Crippen molar-refractivity contribution in [1.29, 1.82) is 0 Å². The maximum absolute atomic E-state index is 12.8. The van der Waals surface area contributed by atoms with E-state index in [1.807, 2.05) is 0 Å². The van der Waals surface area contributed by atoms with Crippen LogP contribution in [0.2, 0.25) is 0 Å². The molecule has 26 heavy (non-hydrogen) atoms. The number of anilines is 1. The minimum absolute atomic E-state index is 0.149. The smallest absolute Gasteiger partial charge is 0.318 e. The van der Waals surface area contributed by atoms with Crippen molar-refractivity contribution in [1.82, 2.24) is 9.62 Å². The normalized spacial score (nSPS) is 10.7. The lowest BCUT2D eigenvalue weighted by Crippen LogP contribution is -2.38. The summed E-state index contributed by atoms with van der Waals surface area (Å²) >= 11 is 0. The Labute approximate surface area is 150 Å². The van der Waals surface area contributed by atoms with E-state index in [0.717, 1.165) is 0 Å². The molecule has 2 rings (SSSR count). The topological polar surface area (TPSA) is 113 Å². The molecule has 0 heterocycles. The van der Waals surface area contributed by atoms with Gasteiger partial charge in [-0.3, -0.25) is 4.79 Å². The van der Waals surface area contributed by atoms with E-state index >= 15 is 0 Å². The molecule has 2 aromatic rings. The largest absolute Gasteiger partial charge is 0.341 e. The van der Waals surface area contributed by atoms with Crippen LogP contribution in [0, 0.1) is 0 Å². The summed E-state index contributed by atoms with van der Waals surface area (Å²) in [5.74, 6) is -0.801. The van der Waals surface area contributed by atoms with Gasteiger partial charge in [0, 0.05) is 18.3 Å². The number of carbonyl (C=O) groups excluding carboxylic acids is 3. The zero-order valence-corrected chi connectivity index (χ0v) is 14.7. The molecule has 0 bridgehead atoms. The number of urea groups is 1. The SMILES string of the molecule is CNC(=O)Nc1ccc(S(=O)(=O)N(CC=O)C(=O)c2ccccc2)cc1. The summed E-state index contributed by atoms with van der Waals surface area (Å²) in [5, 5.41) is 4.86. The number of aldehydes is 1. The molecule has 0 aliphatic heterocycles. The molecule has 0 unspecified atom stereocenters. The van der Waals surface area contributed by atoms with Crippen LogP contribution in [0.1, 0.15) is 10.4 Å². The molecule has 0 aromatic heterocycles. The highest BCUT2D eigenvalue weighted by Gasteiger charge is 2.29. The molecular weight excluding hydrogens is 358 g/mol. The molecule has 0 saturated carbocycles. The monoisotopic (exact) mass is 375 g/mol. The molecule has 0 atom stereocenters.